The van der Waals surface area contributed by atoms with Crippen LogP contribution in [0.1, 0.15) is 11.1 Å². The lowest BCUT2D eigenvalue weighted by Gasteiger charge is -1.85. The summed E-state index contributed by atoms with van der Waals surface area (Å²) in [6, 6.07) is 20.1. The van der Waals surface area contributed by atoms with Gasteiger partial charge >= 0.3 is 0 Å². The van der Waals surface area contributed by atoms with E-state index in [4.69, 9.17) is 0 Å². The highest BCUT2D eigenvalue weighted by molar-refractivity contribution is 14.0. The van der Waals surface area contributed by atoms with Crippen LogP contribution in [-0.4, -0.2) is 0 Å². The van der Waals surface area contributed by atoms with Crippen molar-refractivity contribution in [2.75, 3.05) is 0 Å². The fraction of sp³-hybridized carbons (Fsp3) is 0. The molecule has 0 saturated heterocycles. The van der Waals surface area contributed by atoms with Crippen molar-refractivity contribution < 1.29 is 0 Å². The van der Waals surface area contributed by atoms with Crippen molar-refractivity contribution >= 4 is 36.1 Å². The number of hydrogen-bond acceptors (Lipinski definition) is 0. The monoisotopic (exact) mass is 336 g/mol. The topological polar surface area (TPSA) is 0 Å². The van der Waals surface area contributed by atoms with Crippen LogP contribution >= 0.6 is 24.0 Å². The van der Waals surface area contributed by atoms with Gasteiger partial charge in [0.2, 0.25) is 0 Å². The number of hydrogen-bond donors (Lipinski definition) is 0. The molecule has 17 heavy (non-hydrogen) atoms. The van der Waals surface area contributed by atoms with Gasteiger partial charge in [0, 0.05) is 0 Å². The average Bonchev–Trinajstić information content (AvgIpc) is 2.41. The summed E-state index contributed by atoms with van der Waals surface area (Å²) < 4.78 is 0. The molecule has 0 radical (unpaired) electrons. The molecular formula is C16H17I. The first-order valence-corrected chi connectivity index (χ1v) is 5.22. The molecule has 2 aromatic carbocycles. The van der Waals surface area contributed by atoms with E-state index in [2.05, 4.69) is 13.2 Å². The summed E-state index contributed by atoms with van der Waals surface area (Å²) in [5, 5.41) is 0. The van der Waals surface area contributed by atoms with Gasteiger partial charge in [-0.05, 0) is 11.1 Å². The molecule has 0 saturated carbocycles. The third-order valence-corrected chi connectivity index (χ3v) is 2.07. The summed E-state index contributed by atoms with van der Waals surface area (Å²) in [5.41, 5.74) is 2.35. The first-order chi connectivity index (χ1) is 7.86. The Hall–Kier alpha value is -1.35. The first kappa shape index (κ1) is 15.7. The minimum Gasteiger partial charge on any atom is -0.107 e. The van der Waals surface area contributed by atoms with E-state index < -0.39 is 0 Å². The molecule has 0 bridgehead atoms. The van der Waals surface area contributed by atoms with Gasteiger partial charge in [0.05, 0.1) is 0 Å². The van der Waals surface area contributed by atoms with Crippen LogP contribution in [0.15, 0.2) is 73.8 Å². The summed E-state index contributed by atoms with van der Waals surface area (Å²) >= 11 is 0. The summed E-state index contributed by atoms with van der Waals surface area (Å²) in [6.07, 6.45) is 3.67. The second kappa shape index (κ2) is 9.85. The van der Waals surface area contributed by atoms with Crippen molar-refractivity contribution in [2.24, 2.45) is 0 Å². The maximum absolute atomic E-state index is 3.63. The lowest BCUT2D eigenvalue weighted by Crippen LogP contribution is -1.63. The lowest BCUT2D eigenvalue weighted by atomic mass is 10.2. The molecule has 0 aliphatic heterocycles. The Kier molecular flexibility index (Phi) is 9.06. The van der Waals surface area contributed by atoms with Gasteiger partial charge in [-0.15, -0.1) is 24.0 Å². The molecule has 0 aliphatic rings. The van der Waals surface area contributed by atoms with Gasteiger partial charge in [-0.25, -0.2) is 0 Å². The normalized spacial score (nSPS) is 8.00. The predicted molar refractivity (Wildman–Crippen MR) is 88.5 cm³/mol. The number of rotatable bonds is 2. The van der Waals surface area contributed by atoms with Crippen molar-refractivity contribution in [1.82, 2.24) is 0 Å². The third-order valence-electron chi connectivity index (χ3n) is 2.07. The minimum absolute atomic E-state index is 0. The van der Waals surface area contributed by atoms with E-state index in [9.17, 15) is 0 Å². The Morgan fingerprint density at radius 2 is 0.882 bits per heavy atom. The Balaban J connectivity index is 0.000000284. The highest BCUT2D eigenvalue weighted by Gasteiger charge is 1.76. The van der Waals surface area contributed by atoms with E-state index in [0.29, 0.717) is 0 Å². The molecule has 2 aromatic rings. The van der Waals surface area contributed by atoms with E-state index in [1.807, 2.05) is 72.8 Å². The molecule has 0 N–H and O–H groups in total. The van der Waals surface area contributed by atoms with Gasteiger partial charge in [0.1, 0.15) is 0 Å². The summed E-state index contributed by atoms with van der Waals surface area (Å²) in [4.78, 5) is 0. The van der Waals surface area contributed by atoms with Crippen LogP contribution in [0.3, 0.4) is 0 Å². The molecule has 0 aromatic heterocycles. The lowest BCUT2D eigenvalue weighted by molar-refractivity contribution is 1.67. The van der Waals surface area contributed by atoms with Crippen molar-refractivity contribution in [3.63, 3.8) is 0 Å². The van der Waals surface area contributed by atoms with Gasteiger partial charge < -0.3 is 0 Å². The van der Waals surface area contributed by atoms with Crippen LogP contribution < -0.4 is 0 Å². The van der Waals surface area contributed by atoms with Crippen molar-refractivity contribution in [2.45, 2.75) is 0 Å². The maximum atomic E-state index is 3.63. The summed E-state index contributed by atoms with van der Waals surface area (Å²) in [6.45, 7) is 7.26. The fourth-order valence-electron chi connectivity index (χ4n) is 1.18. The Morgan fingerprint density at radius 1 is 0.588 bits per heavy atom. The first-order valence-electron chi connectivity index (χ1n) is 5.22. The minimum atomic E-state index is 0. The van der Waals surface area contributed by atoms with Gasteiger partial charge in [0.15, 0.2) is 0 Å². The molecule has 0 nitrogen and oxygen atoms in total. The molecule has 0 unspecified atom stereocenters. The SMILES string of the molecule is C=Cc1ccccc1.C=Cc1ccccc1.I. The number of benzene rings is 2. The summed E-state index contributed by atoms with van der Waals surface area (Å²) in [5.74, 6) is 0. The molecular weight excluding hydrogens is 319 g/mol. The van der Waals surface area contributed by atoms with Crippen LogP contribution in [0.2, 0.25) is 0 Å². The summed E-state index contributed by atoms with van der Waals surface area (Å²) in [7, 11) is 0. The van der Waals surface area contributed by atoms with E-state index in [-0.39, 0.29) is 24.0 Å². The quantitative estimate of drug-likeness (QED) is 0.655. The predicted octanol–water partition coefficient (Wildman–Crippen LogP) is 5.28. The van der Waals surface area contributed by atoms with Gasteiger partial charge in [0.25, 0.3) is 0 Å². The Morgan fingerprint density at radius 3 is 1.06 bits per heavy atom. The fourth-order valence-corrected chi connectivity index (χ4v) is 1.18. The van der Waals surface area contributed by atoms with Crippen LogP contribution in [0.4, 0.5) is 0 Å². The van der Waals surface area contributed by atoms with E-state index >= 15 is 0 Å². The van der Waals surface area contributed by atoms with Gasteiger partial charge in [-0.1, -0.05) is 86.0 Å². The van der Waals surface area contributed by atoms with E-state index in [1.165, 1.54) is 11.1 Å². The zero-order valence-electron chi connectivity index (χ0n) is 9.75. The molecule has 0 atom stereocenters. The molecule has 0 amide bonds. The standard InChI is InChI=1S/2C8H8.HI/c2*1-2-8-6-4-3-5-7-8;/h2*2-7H,1H2;1H. The Bertz CT molecular complexity index is 374. The zero-order chi connectivity index (χ0) is 11.6. The molecule has 0 fully saturated rings. The Labute approximate surface area is 121 Å². The molecule has 0 aliphatic carbocycles. The van der Waals surface area contributed by atoms with Crippen LogP contribution in [0.25, 0.3) is 12.2 Å². The average molecular weight is 336 g/mol. The van der Waals surface area contributed by atoms with E-state index in [1.54, 1.807) is 0 Å². The van der Waals surface area contributed by atoms with Crippen LogP contribution in [0, 0.1) is 0 Å². The molecule has 0 spiro atoms. The van der Waals surface area contributed by atoms with Gasteiger partial charge in [-0.2, -0.15) is 0 Å². The van der Waals surface area contributed by atoms with Crippen LogP contribution in [0.5, 0.6) is 0 Å². The van der Waals surface area contributed by atoms with Crippen molar-refractivity contribution in [3.05, 3.63) is 84.9 Å². The maximum Gasteiger partial charge on any atom is -0.0263 e. The molecule has 88 valence electrons. The smallest absolute Gasteiger partial charge is 0.0263 e. The van der Waals surface area contributed by atoms with Crippen LogP contribution in [-0.2, 0) is 0 Å². The van der Waals surface area contributed by atoms with E-state index in [0.717, 1.165) is 0 Å². The van der Waals surface area contributed by atoms with Crippen molar-refractivity contribution in [1.29, 1.82) is 0 Å². The second-order valence-corrected chi connectivity index (χ2v) is 3.23. The second-order valence-electron chi connectivity index (χ2n) is 3.23. The highest BCUT2D eigenvalue weighted by atomic mass is 127. The van der Waals surface area contributed by atoms with Crippen molar-refractivity contribution in [3.8, 4) is 0 Å². The van der Waals surface area contributed by atoms with Gasteiger partial charge in [-0.3, -0.25) is 0 Å². The zero-order valence-corrected chi connectivity index (χ0v) is 12.1. The molecule has 2 rings (SSSR count). The highest BCUT2D eigenvalue weighted by Crippen LogP contribution is 1.98. The number of halogens is 1. The third kappa shape index (κ3) is 6.74. The molecule has 1 heteroatoms. The largest absolute Gasteiger partial charge is 0.107 e. The molecule has 0 heterocycles.